The van der Waals surface area contributed by atoms with Crippen LogP contribution in [0.2, 0.25) is 0 Å². The van der Waals surface area contributed by atoms with Crippen LogP contribution in [0.5, 0.6) is 0 Å². The number of ketones is 1. The maximum absolute atomic E-state index is 16.0. The third-order valence-electron chi connectivity index (χ3n) is 17.7. The van der Waals surface area contributed by atoms with E-state index in [0.29, 0.717) is 24.7 Å². The number of hydrogen-bond acceptors (Lipinski definition) is 21. The molecule has 22 nitrogen and oxygen atoms in total. The molecule has 22 heteroatoms. The van der Waals surface area contributed by atoms with Crippen molar-refractivity contribution in [1.29, 1.82) is 0 Å². The van der Waals surface area contributed by atoms with Gasteiger partial charge in [-0.25, -0.2) is 4.79 Å². The smallest absolute Gasteiger partial charge is 0.410 e. The third kappa shape index (κ3) is 16.7. The van der Waals surface area contributed by atoms with Crippen LogP contribution in [0.4, 0.5) is 4.79 Å². The highest BCUT2D eigenvalue weighted by molar-refractivity contribution is 5.92. The highest BCUT2D eigenvalue weighted by Crippen LogP contribution is 2.41. The Labute approximate surface area is 481 Å². The summed E-state index contributed by atoms with van der Waals surface area (Å²) >= 11 is 0. The summed E-state index contributed by atoms with van der Waals surface area (Å²) in [7, 11) is 4.32. The maximum atomic E-state index is 16.0. The molecule has 0 aromatic rings. The number of carbonyl (C=O) groups excluding carboxylic acids is 4. The number of nitrogens with zero attached hydrogens (tertiary/aromatic N) is 3. The van der Waals surface area contributed by atoms with E-state index in [2.05, 4.69) is 17.0 Å². The van der Waals surface area contributed by atoms with E-state index in [1.54, 1.807) is 34.6 Å². The monoisotopic (exact) mass is 1160 g/mol. The molecule has 6 rings (SSSR count). The SMILES string of the molecule is CO/N=C1\C[C@@H](C)O[C@@H](O[C@@H]2[C@@H](C)[C@H](O[C@H]3C[C@@H](C)N(C4CCC4)C[C@H](C)O3)[C@@H](C)C(=O)O[C@H]([C@@H](C)CO[C@@H]3O[C@H](C)[C@@H](O)[C@@H](OC)[C@H]3OC)[C@H](C)[C@@H](OC(=O)CC(C)C)[C@@H](C)C(=O)[C@@](C)(OC(=O)N3CCO[C@@H](C)C3)C[C@@H]2C)[C@@H]1O. The molecule has 0 aromatic carbocycles. The predicted molar refractivity (Wildman–Crippen MR) is 295 cm³/mol. The lowest BCUT2D eigenvalue weighted by Gasteiger charge is -2.45. The van der Waals surface area contributed by atoms with Gasteiger partial charge in [-0.3, -0.25) is 19.3 Å². The zero-order valence-corrected chi connectivity index (χ0v) is 51.5. The van der Waals surface area contributed by atoms with Crippen molar-refractivity contribution in [3.8, 4) is 0 Å². The Balaban J connectivity index is 1.51. The lowest BCUT2D eigenvalue weighted by atomic mass is 9.74. The fraction of sp³-hybridized carbons (Fsp3) is 0.915. The van der Waals surface area contributed by atoms with Crippen LogP contribution in [-0.4, -0.2) is 214 Å². The third-order valence-corrected chi connectivity index (χ3v) is 17.7. The topological polar surface area (TPSA) is 248 Å². The first-order valence-electron chi connectivity index (χ1n) is 29.9. The molecule has 0 bridgehead atoms. The van der Waals surface area contributed by atoms with Crippen LogP contribution < -0.4 is 0 Å². The average Bonchev–Trinajstić information content (AvgIpc) is 3.61. The van der Waals surface area contributed by atoms with Gasteiger partial charge in [-0.1, -0.05) is 60.0 Å². The van der Waals surface area contributed by atoms with Crippen LogP contribution >= 0.6 is 0 Å². The molecule has 2 N–H and O–H groups in total. The minimum atomic E-state index is -1.93. The molecule has 0 aromatic heterocycles. The predicted octanol–water partition coefficient (Wildman–Crippen LogP) is 6.06. The van der Waals surface area contributed by atoms with Gasteiger partial charge < -0.3 is 76.8 Å². The molecule has 5 aliphatic heterocycles. The first-order valence-corrected chi connectivity index (χ1v) is 29.9. The number of hydrogen-bond donors (Lipinski definition) is 2. The number of aliphatic hydroxyl groups is 2. The van der Waals surface area contributed by atoms with E-state index in [0.717, 1.165) is 12.8 Å². The molecule has 1 saturated carbocycles. The zero-order valence-electron chi connectivity index (χ0n) is 51.5. The van der Waals surface area contributed by atoms with Crippen LogP contribution in [0.1, 0.15) is 142 Å². The summed E-state index contributed by atoms with van der Waals surface area (Å²) < 4.78 is 77.0. The molecule has 0 unspecified atom stereocenters. The van der Waals surface area contributed by atoms with Crippen LogP contribution in [0, 0.1) is 41.4 Å². The van der Waals surface area contributed by atoms with Crippen molar-refractivity contribution in [2.24, 2.45) is 46.6 Å². The molecule has 5 heterocycles. The van der Waals surface area contributed by atoms with Crippen molar-refractivity contribution >= 4 is 29.5 Å². The Kier molecular flexibility index (Phi) is 24.6. The molecular formula is C59H101N3O19. The summed E-state index contributed by atoms with van der Waals surface area (Å²) in [6.45, 7) is 26.9. The fourth-order valence-electron chi connectivity index (χ4n) is 13.1. The number of esters is 2. The van der Waals surface area contributed by atoms with E-state index in [-0.39, 0.29) is 69.7 Å². The molecular weight excluding hydrogens is 1050 g/mol. The van der Waals surface area contributed by atoms with E-state index < -0.39 is 145 Å². The van der Waals surface area contributed by atoms with Crippen molar-refractivity contribution < 1.29 is 91.1 Å². The van der Waals surface area contributed by atoms with Gasteiger partial charge in [0.25, 0.3) is 0 Å². The minimum Gasteiger partial charge on any atom is -0.461 e. The van der Waals surface area contributed by atoms with Gasteiger partial charge in [-0.15, -0.1) is 0 Å². The van der Waals surface area contributed by atoms with Gasteiger partial charge in [-0.2, -0.15) is 0 Å². The van der Waals surface area contributed by atoms with Gasteiger partial charge in [0.1, 0.15) is 43.7 Å². The first-order chi connectivity index (χ1) is 38.2. The molecule has 6 fully saturated rings. The van der Waals surface area contributed by atoms with E-state index in [4.69, 9.17) is 61.7 Å². The van der Waals surface area contributed by atoms with Crippen LogP contribution in [-0.2, 0) is 76.1 Å². The van der Waals surface area contributed by atoms with E-state index in [1.165, 1.54) is 32.7 Å². The summed E-state index contributed by atoms with van der Waals surface area (Å²) in [6, 6.07) is 0.496. The molecule has 466 valence electrons. The Morgan fingerprint density at radius 2 is 1.48 bits per heavy atom. The molecule has 81 heavy (non-hydrogen) atoms. The normalized spacial score (nSPS) is 42.0. The molecule has 0 radical (unpaired) electrons. The van der Waals surface area contributed by atoms with Gasteiger partial charge >= 0.3 is 18.0 Å². The number of ether oxygens (including phenoxy) is 12. The highest BCUT2D eigenvalue weighted by Gasteiger charge is 2.53. The van der Waals surface area contributed by atoms with E-state index in [9.17, 15) is 19.8 Å². The van der Waals surface area contributed by atoms with Crippen molar-refractivity contribution in [1.82, 2.24) is 9.80 Å². The second-order valence-corrected chi connectivity index (χ2v) is 25.1. The average molecular weight is 1160 g/mol. The Morgan fingerprint density at radius 3 is 2.10 bits per heavy atom. The number of Topliss-reactive ketones (excluding diaryl/α,β-unsaturated/α-hetero) is 1. The van der Waals surface area contributed by atoms with Gasteiger partial charge in [0.15, 0.2) is 30.3 Å². The number of oxime groups is 1. The largest absolute Gasteiger partial charge is 0.461 e. The Bertz CT molecular complexity index is 2070. The summed E-state index contributed by atoms with van der Waals surface area (Å²) in [5.41, 5.74) is -1.63. The summed E-state index contributed by atoms with van der Waals surface area (Å²) in [5.74, 6) is -7.23. The van der Waals surface area contributed by atoms with Crippen LogP contribution in [0.25, 0.3) is 0 Å². The van der Waals surface area contributed by atoms with Gasteiger partial charge in [0.2, 0.25) is 0 Å². The number of cyclic esters (lactones) is 1. The maximum Gasteiger partial charge on any atom is 0.410 e. The number of amides is 1. The lowest BCUT2D eigenvalue weighted by molar-refractivity contribution is -0.305. The fourth-order valence-corrected chi connectivity index (χ4v) is 13.1. The number of morpholine rings is 1. The summed E-state index contributed by atoms with van der Waals surface area (Å²) in [5, 5.41) is 27.0. The van der Waals surface area contributed by atoms with Gasteiger partial charge in [0.05, 0.1) is 73.9 Å². The number of rotatable bonds is 16. The Hall–Kier alpha value is -3.13. The standard InChI is InChI=1S/C59H101N3O19/c1-30(2)23-44(63)77-50-38(10)49(32(4)29-73-57-53(70-16)52(69-15)46(64)41(13)76-57)79-55(67)40(12)51(78-45-24-33(5)62(28-36(8)74-45)42-19-18-20-42)37(9)48(80-56-47(65)43(60-71-17)25-34(6)75-56)31(3)26-59(14,54(66)39(50)11)81-58(68)61-21-22-72-35(7)27-61/h30-42,45-53,56-57,64-65H,18-29H2,1-17H3/b60-43+/t31-,32-,33+,34+,35-,36-,37+,38-,39+,40+,41+,45-,46+,47+,48-,49+,50+,51-,52+,53+,56-,57+,59-/m0/s1. The Morgan fingerprint density at radius 1 is 0.790 bits per heavy atom. The zero-order chi connectivity index (χ0) is 59.8. The van der Waals surface area contributed by atoms with Gasteiger partial charge in [0, 0.05) is 76.4 Å². The van der Waals surface area contributed by atoms with E-state index >= 15 is 9.59 Å². The lowest BCUT2D eigenvalue weighted by Crippen LogP contribution is -2.59. The second-order valence-electron chi connectivity index (χ2n) is 25.1. The first kappa shape index (κ1) is 67.0. The van der Waals surface area contributed by atoms with Crippen LogP contribution in [0.15, 0.2) is 5.16 Å². The van der Waals surface area contributed by atoms with Gasteiger partial charge in [-0.05, 0) is 79.6 Å². The summed E-state index contributed by atoms with van der Waals surface area (Å²) in [6.07, 6.45) is -10.0. The van der Waals surface area contributed by atoms with Crippen molar-refractivity contribution in [3.63, 3.8) is 0 Å². The molecule has 1 amide bonds. The van der Waals surface area contributed by atoms with Crippen LogP contribution in [0.3, 0.4) is 0 Å². The minimum absolute atomic E-state index is 0.0181. The molecule has 1 aliphatic carbocycles. The quantitative estimate of drug-likeness (QED) is 0.101. The molecule has 5 saturated heterocycles. The number of carbonyl (C=O) groups is 4. The molecule has 23 atom stereocenters. The summed E-state index contributed by atoms with van der Waals surface area (Å²) in [4.78, 5) is 69.3. The number of aliphatic hydroxyl groups excluding tert-OH is 2. The van der Waals surface area contributed by atoms with Crippen molar-refractivity contribution in [3.05, 3.63) is 0 Å². The van der Waals surface area contributed by atoms with Crippen molar-refractivity contribution in [2.45, 2.75) is 252 Å². The number of methoxy groups -OCH3 is 2. The van der Waals surface area contributed by atoms with E-state index in [1.807, 2.05) is 55.4 Å². The molecule has 0 spiro atoms. The molecule has 6 aliphatic rings. The highest BCUT2D eigenvalue weighted by atomic mass is 16.7. The van der Waals surface area contributed by atoms with Crippen molar-refractivity contribution in [2.75, 3.05) is 54.2 Å². The second kappa shape index (κ2) is 29.8.